The molecule has 0 saturated heterocycles. The van der Waals surface area contributed by atoms with Gasteiger partial charge in [-0.3, -0.25) is 4.79 Å². The molecule has 1 aromatic carbocycles. The van der Waals surface area contributed by atoms with Gasteiger partial charge in [-0.25, -0.2) is 8.78 Å². The molecule has 1 amide bonds. The largest absolute Gasteiger partial charge is 0.317 e. The van der Waals surface area contributed by atoms with E-state index in [-0.39, 0.29) is 18.4 Å². The minimum absolute atomic E-state index is 0.171. The molecule has 1 heterocycles. The van der Waals surface area contributed by atoms with Crippen molar-refractivity contribution in [3.8, 4) is 6.07 Å². The second-order valence-electron chi connectivity index (χ2n) is 6.67. The monoisotopic (exact) mass is 389 g/mol. The lowest BCUT2D eigenvalue weighted by atomic mass is 9.96. The highest BCUT2D eigenvalue weighted by Gasteiger charge is 2.21. The SMILES string of the molecule is C[C@H](NCCC(=O)Nc1sc2c(c1C#N)CCCC2)c1ccc(F)c(F)c1. The van der Waals surface area contributed by atoms with Crippen molar-refractivity contribution in [2.75, 3.05) is 11.9 Å². The van der Waals surface area contributed by atoms with Gasteiger partial charge in [-0.1, -0.05) is 6.07 Å². The average molecular weight is 389 g/mol. The number of benzene rings is 1. The fraction of sp³-hybridized carbons (Fsp3) is 0.400. The number of carbonyl (C=O) groups excluding carboxylic acids is 1. The normalized spacial score (nSPS) is 14.3. The average Bonchev–Trinajstić information content (AvgIpc) is 3.00. The van der Waals surface area contributed by atoms with Gasteiger partial charge in [-0.2, -0.15) is 5.26 Å². The van der Waals surface area contributed by atoms with E-state index in [0.29, 0.717) is 22.7 Å². The fourth-order valence-electron chi connectivity index (χ4n) is 3.26. The summed E-state index contributed by atoms with van der Waals surface area (Å²) in [6.45, 7) is 2.21. The zero-order valence-electron chi connectivity index (χ0n) is 15.1. The number of rotatable bonds is 6. The molecule has 27 heavy (non-hydrogen) atoms. The molecule has 1 aliphatic carbocycles. The molecule has 4 nitrogen and oxygen atoms in total. The molecule has 1 atom stereocenters. The van der Waals surface area contributed by atoms with Crippen molar-refractivity contribution in [3.05, 3.63) is 51.4 Å². The second-order valence-corrected chi connectivity index (χ2v) is 7.78. The van der Waals surface area contributed by atoms with Crippen LogP contribution in [-0.2, 0) is 17.6 Å². The zero-order valence-corrected chi connectivity index (χ0v) is 15.9. The van der Waals surface area contributed by atoms with Crippen molar-refractivity contribution >= 4 is 22.2 Å². The van der Waals surface area contributed by atoms with Gasteiger partial charge in [0.15, 0.2) is 11.6 Å². The van der Waals surface area contributed by atoms with Gasteiger partial charge in [0.05, 0.1) is 5.56 Å². The third-order valence-electron chi connectivity index (χ3n) is 4.78. The second kappa shape index (κ2) is 8.59. The lowest BCUT2D eigenvalue weighted by Crippen LogP contribution is -2.24. The summed E-state index contributed by atoms with van der Waals surface area (Å²) in [5, 5.41) is 16.1. The summed E-state index contributed by atoms with van der Waals surface area (Å²) in [7, 11) is 0. The number of amides is 1. The number of nitriles is 1. The van der Waals surface area contributed by atoms with Crippen LogP contribution in [0.4, 0.5) is 13.8 Å². The number of hydrogen-bond donors (Lipinski definition) is 2. The van der Waals surface area contributed by atoms with Gasteiger partial charge in [0.25, 0.3) is 0 Å². The number of anilines is 1. The Balaban J connectivity index is 1.54. The molecule has 1 aliphatic rings. The fourth-order valence-corrected chi connectivity index (χ4v) is 4.52. The van der Waals surface area contributed by atoms with Gasteiger partial charge in [0.1, 0.15) is 11.1 Å². The number of carbonyl (C=O) groups is 1. The van der Waals surface area contributed by atoms with E-state index < -0.39 is 11.6 Å². The highest BCUT2D eigenvalue weighted by Crippen LogP contribution is 2.37. The van der Waals surface area contributed by atoms with E-state index in [2.05, 4.69) is 16.7 Å². The van der Waals surface area contributed by atoms with Crippen LogP contribution >= 0.6 is 11.3 Å². The molecule has 0 bridgehead atoms. The molecule has 142 valence electrons. The summed E-state index contributed by atoms with van der Waals surface area (Å²) < 4.78 is 26.3. The predicted octanol–water partition coefficient (Wildman–Crippen LogP) is 4.46. The van der Waals surface area contributed by atoms with Crippen molar-refractivity contribution in [1.82, 2.24) is 5.32 Å². The summed E-state index contributed by atoms with van der Waals surface area (Å²) in [6.07, 6.45) is 4.30. The number of nitrogens with zero attached hydrogens (tertiary/aromatic N) is 1. The first-order chi connectivity index (χ1) is 13.0. The molecule has 0 saturated carbocycles. The minimum Gasteiger partial charge on any atom is -0.317 e. The van der Waals surface area contributed by atoms with Gasteiger partial charge in [0, 0.05) is 23.9 Å². The van der Waals surface area contributed by atoms with Crippen LogP contribution in [0.1, 0.15) is 53.8 Å². The van der Waals surface area contributed by atoms with E-state index in [4.69, 9.17) is 0 Å². The minimum atomic E-state index is -0.885. The highest BCUT2D eigenvalue weighted by atomic mass is 32.1. The van der Waals surface area contributed by atoms with Crippen molar-refractivity contribution in [3.63, 3.8) is 0 Å². The first kappa shape index (κ1) is 19.5. The predicted molar refractivity (Wildman–Crippen MR) is 102 cm³/mol. The van der Waals surface area contributed by atoms with Gasteiger partial charge in [-0.15, -0.1) is 11.3 Å². The molecule has 0 fully saturated rings. The van der Waals surface area contributed by atoms with Gasteiger partial charge >= 0.3 is 0 Å². The smallest absolute Gasteiger partial charge is 0.226 e. The Morgan fingerprint density at radius 1 is 1.30 bits per heavy atom. The lowest BCUT2D eigenvalue weighted by Gasteiger charge is -2.14. The summed E-state index contributed by atoms with van der Waals surface area (Å²) >= 11 is 1.50. The van der Waals surface area contributed by atoms with Gasteiger partial charge < -0.3 is 10.6 Å². The number of hydrogen-bond acceptors (Lipinski definition) is 4. The molecular formula is C20H21F2N3OS. The Bertz CT molecular complexity index is 888. The number of thiophene rings is 1. The van der Waals surface area contributed by atoms with Crippen LogP contribution in [0.5, 0.6) is 0 Å². The number of fused-ring (bicyclic) bond motifs is 1. The van der Waals surface area contributed by atoms with Crippen LogP contribution in [0.3, 0.4) is 0 Å². The quantitative estimate of drug-likeness (QED) is 0.767. The standard InChI is InChI=1S/C20H21F2N3OS/c1-12(13-6-7-16(21)17(22)10-13)24-9-8-19(26)25-20-15(11-23)14-4-2-3-5-18(14)27-20/h6-7,10,12,24H,2-5,8-9H2,1H3,(H,25,26)/t12-/m0/s1. The Kier molecular flexibility index (Phi) is 6.19. The first-order valence-electron chi connectivity index (χ1n) is 9.02. The van der Waals surface area contributed by atoms with Gasteiger partial charge in [-0.05, 0) is 55.9 Å². The topological polar surface area (TPSA) is 64.9 Å². The van der Waals surface area contributed by atoms with E-state index in [1.807, 2.05) is 6.92 Å². The van der Waals surface area contributed by atoms with E-state index in [9.17, 15) is 18.8 Å². The third kappa shape index (κ3) is 4.52. The molecule has 2 aromatic rings. The number of halogens is 2. The van der Waals surface area contributed by atoms with E-state index in [1.54, 1.807) is 0 Å². The number of nitrogens with one attached hydrogen (secondary N) is 2. The number of aryl methyl sites for hydroxylation is 1. The van der Waals surface area contributed by atoms with E-state index in [1.165, 1.54) is 22.3 Å². The Morgan fingerprint density at radius 2 is 2.07 bits per heavy atom. The highest BCUT2D eigenvalue weighted by molar-refractivity contribution is 7.16. The van der Waals surface area contributed by atoms with Crippen molar-refractivity contribution in [2.45, 2.75) is 45.1 Å². The maximum atomic E-state index is 13.3. The van der Waals surface area contributed by atoms with Crippen LogP contribution in [0.2, 0.25) is 0 Å². The lowest BCUT2D eigenvalue weighted by molar-refractivity contribution is -0.116. The summed E-state index contributed by atoms with van der Waals surface area (Å²) in [5.74, 6) is -1.93. The zero-order chi connectivity index (χ0) is 19.4. The molecule has 7 heteroatoms. The van der Waals surface area contributed by atoms with Crippen LogP contribution < -0.4 is 10.6 Å². The maximum Gasteiger partial charge on any atom is 0.226 e. The summed E-state index contributed by atoms with van der Waals surface area (Å²) in [5.41, 5.74) is 2.31. The maximum absolute atomic E-state index is 13.3. The molecule has 1 aromatic heterocycles. The molecule has 2 N–H and O–H groups in total. The molecule has 3 rings (SSSR count). The van der Waals surface area contributed by atoms with E-state index in [0.717, 1.165) is 43.4 Å². The van der Waals surface area contributed by atoms with Crippen LogP contribution in [0.25, 0.3) is 0 Å². The molecular weight excluding hydrogens is 368 g/mol. The van der Waals surface area contributed by atoms with Crippen LogP contribution in [0, 0.1) is 23.0 Å². The first-order valence-corrected chi connectivity index (χ1v) is 9.84. The van der Waals surface area contributed by atoms with Crippen molar-refractivity contribution in [2.24, 2.45) is 0 Å². The molecule has 0 aliphatic heterocycles. The van der Waals surface area contributed by atoms with Crippen molar-refractivity contribution < 1.29 is 13.6 Å². The van der Waals surface area contributed by atoms with Crippen LogP contribution in [-0.4, -0.2) is 12.5 Å². The van der Waals surface area contributed by atoms with Crippen LogP contribution in [0.15, 0.2) is 18.2 Å². The molecule has 0 unspecified atom stereocenters. The van der Waals surface area contributed by atoms with Gasteiger partial charge in [0.2, 0.25) is 5.91 Å². The van der Waals surface area contributed by atoms with E-state index >= 15 is 0 Å². The molecule has 0 radical (unpaired) electrons. The Morgan fingerprint density at radius 3 is 2.81 bits per heavy atom. The third-order valence-corrected chi connectivity index (χ3v) is 5.99. The molecule has 0 spiro atoms. The Labute approximate surface area is 161 Å². The summed E-state index contributed by atoms with van der Waals surface area (Å²) in [6, 6.07) is 5.79. The summed E-state index contributed by atoms with van der Waals surface area (Å²) in [4.78, 5) is 13.5. The Hall–Kier alpha value is -2.30. The van der Waals surface area contributed by atoms with Crippen molar-refractivity contribution in [1.29, 1.82) is 5.26 Å².